The number of rotatable bonds is 5. The van der Waals surface area contributed by atoms with Gasteiger partial charge >= 0.3 is 6.18 Å². The summed E-state index contributed by atoms with van der Waals surface area (Å²) >= 11 is 11.8. The molecular formula is C12H14Cl2F3N. The molecule has 1 aromatic rings. The fourth-order valence-corrected chi connectivity index (χ4v) is 2.13. The molecule has 0 amide bonds. The van der Waals surface area contributed by atoms with Gasteiger partial charge in [-0.1, -0.05) is 30.1 Å². The van der Waals surface area contributed by atoms with Crippen LogP contribution in [0.3, 0.4) is 0 Å². The zero-order valence-corrected chi connectivity index (χ0v) is 11.3. The summed E-state index contributed by atoms with van der Waals surface area (Å²) in [6, 6.07) is 4.37. The summed E-state index contributed by atoms with van der Waals surface area (Å²) in [5.74, 6) is 0. The SMILES string of the molecule is CCNC(CCC(F)(F)F)c1cc(Cl)ccc1Cl. The molecule has 0 aliphatic rings. The Morgan fingerprint density at radius 3 is 2.50 bits per heavy atom. The Balaban J connectivity index is 2.86. The minimum atomic E-state index is -4.17. The highest BCUT2D eigenvalue weighted by atomic mass is 35.5. The maximum atomic E-state index is 12.3. The van der Waals surface area contributed by atoms with E-state index in [1.54, 1.807) is 18.2 Å². The first-order valence-corrected chi connectivity index (χ1v) is 6.34. The van der Waals surface area contributed by atoms with Crippen LogP contribution in [0.4, 0.5) is 13.2 Å². The highest BCUT2D eigenvalue weighted by Gasteiger charge is 2.29. The maximum Gasteiger partial charge on any atom is 0.389 e. The summed E-state index contributed by atoms with van der Waals surface area (Å²) in [7, 11) is 0. The van der Waals surface area contributed by atoms with Gasteiger partial charge in [0.1, 0.15) is 0 Å². The molecule has 102 valence electrons. The molecule has 0 saturated carbocycles. The molecule has 1 aromatic carbocycles. The predicted molar refractivity (Wildman–Crippen MR) is 68.2 cm³/mol. The number of nitrogens with one attached hydrogen (secondary N) is 1. The van der Waals surface area contributed by atoms with Crippen molar-refractivity contribution in [3.8, 4) is 0 Å². The molecule has 6 heteroatoms. The second kappa shape index (κ2) is 6.64. The highest BCUT2D eigenvalue weighted by molar-refractivity contribution is 6.33. The topological polar surface area (TPSA) is 12.0 Å². The molecule has 0 bridgehead atoms. The van der Waals surface area contributed by atoms with Crippen molar-refractivity contribution in [3.05, 3.63) is 33.8 Å². The van der Waals surface area contributed by atoms with E-state index in [2.05, 4.69) is 5.32 Å². The van der Waals surface area contributed by atoms with Crippen LogP contribution in [-0.2, 0) is 0 Å². The lowest BCUT2D eigenvalue weighted by Crippen LogP contribution is -2.23. The average Bonchev–Trinajstić information content (AvgIpc) is 2.26. The number of halogens is 5. The average molecular weight is 300 g/mol. The van der Waals surface area contributed by atoms with Gasteiger partial charge in [-0.3, -0.25) is 0 Å². The lowest BCUT2D eigenvalue weighted by Gasteiger charge is -2.20. The molecular weight excluding hydrogens is 286 g/mol. The first-order chi connectivity index (χ1) is 8.33. The largest absolute Gasteiger partial charge is 0.389 e. The third-order valence-electron chi connectivity index (χ3n) is 2.50. The number of alkyl halides is 3. The van der Waals surface area contributed by atoms with E-state index < -0.39 is 18.6 Å². The molecule has 1 rings (SSSR count). The fraction of sp³-hybridized carbons (Fsp3) is 0.500. The van der Waals surface area contributed by atoms with Crippen LogP contribution in [0.2, 0.25) is 10.0 Å². The van der Waals surface area contributed by atoms with Gasteiger partial charge in [-0.05, 0) is 36.7 Å². The molecule has 1 unspecified atom stereocenters. The van der Waals surface area contributed by atoms with Crippen LogP contribution in [0.15, 0.2) is 18.2 Å². The molecule has 18 heavy (non-hydrogen) atoms. The van der Waals surface area contributed by atoms with Gasteiger partial charge in [0, 0.05) is 22.5 Å². The van der Waals surface area contributed by atoms with Crippen LogP contribution >= 0.6 is 23.2 Å². The quantitative estimate of drug-likeness (QED) is 0.808. The van der Waals surface area contributed by atoms with Crippen molar-refractivity contribution in [2.24, 2.45) is 0 Å². The molecule has 0 aromatic heterocycles. The predicted octanol–water partition coefficient (Wildman–Crippen LogP) is 4.99. The Kier molecular flexibility index (Phi) is 5.76. The third-order valence-corrected chi connectivity index (χ3v) is 3.08. The lowest BCUT2D eigenvalue weighted by atomic mass is 10.0. The van der Waals surface area contributed by atoms with Crippen molar-refractivity contribution in [1.29, 1.82) is 0 Å². The van der Waals surface area contributed by atoms with Crippen LogP contribution in [0.25, 0.3) is 0 Å². The van der Waals surface area contributed by atoms with Gasteiger partial charge in [0.15, 0.2) is 0 Å². The maximum absolute atomic E-state index is 12.3. The van der Waals surface area contributed by atoms with Crippen LogP contribution < -0.4 is 5.32 Å². The minimum absolute atomic E-state index is 0.0581. The fourth-order valence-electron chi connectivity index (χ4n) is 1.70. The van der Waals surface area contributed by atoms with Crippen molar-refractivity contribution in [3.63, 3.8) is 0 Å². The normalized spacial score (nSPS) is 13.7. The Hall–Kier alpha value is -0.450. The van der Waals surface area contributed by atoms with E-state index in [0.717, 1.165) is 0 Å². The molecule has 0 saturated heterocycles. The second-order valence-corrected chi connectivity index (χ2v) is 4.77. The van der Waals surface area contributed by atoms with Crippen molar-refractivity contribution in [2.45, 2.75) is 32.0 Å². The zero-order valence-electron chi connectivity index (χ0n) is 9.82. The summed E-state index contributed by atoms with van der Waals surface area (Å²) in [4.78, 5) is 0. The van der Waals surface area contributed by atoms with Gasteiger partial charge in [-0.25, -0.2) is 0 Å². The van der Waals surface area contributed by atoms with Crippen molar-refractivity contribution in [1.82, 2.24) is 5.32 Å². The van der Waals surface area contributed by atoms with E-state index in [-0.39, 0.29) is 6.42 Å². The lowest BCUT2D eigenvalue weighted by molar-refractivity contribution is -0.136. The first-order valence-electron chi connectivity index (χ1n) is 5.58. The first kappa shape index (κ1) is 15.6. The Bertz CT molecular complexity index is 393. The molecule has 0 fully saturated rings. The number of benzene rings is 1. The van der Waals surface area contributed by atoms with Gasteiger partial charge in [0.05, 0.1) is 0 Å². The summed E-state index contributed by atoms with van der Waals surface area (Å²) in [5.41, 5.74) is 0.607. The van der Waals surface area contributed by atoms with Crippen molar-refractivity contribution >= 4 is 23.2 Å². The summed E-state index contributed by atoms with van der Waals surface area (Å²) in [6.45, 7) is 2.39. The molecule has 0 spiro atoms. The van der Waals surface area contributed by atoms with Crippen LogP contribution in [0.1, 0.15) is 31.4 Å². The molecule has 0 heterocycles. The molecule has 1 nitrogen and oxygen atoms in total. The van der Waals surface area contributed by atoms with E-state index in [0.29, 0.717) is 22.2 Å². The molecule has 1 N–H and O–H groups in total. The van der Waals surface area contributed by atoms with Gasteiger partial charge in [0.2, 0.25) is 0 Å². The van der Waals surface area contributed by atoms with Crippen molar-refractivity contribution in [2.75, 3.05) is 6.54 Å². The monoisotopic (exact) mass is 299 g/mol. The standard InChI is InChI=1S/C12H14Cl2F3N/c1-2-18-11(5-6-12(15,16)17)9-7-8(13)3-4-10(9)14/h3-4,7,11,18H,2,5-6H2,1H3. The molecule has 0 aliphatic heterocycles. The van der Waals surface area contributed by atoms with Gasteiger partial charge in [-0.15, -0.1) is 0 Å². The Morgan fingerprint density at radius 2 is 1.94 bits per heavy atom. The van der Waals surface area contributed by atoms with Gasteiger partial charge in [-0.2, -0.15) is 13.2 Å². The van der Waals surface area contributed by atoms with Crippen LogP contribution in [-0.4, -0.2) is 12.7 Å². The van der Waals surface area contributed by atoms with E-state index in [1.807, 2.05) is 6.92 Å². The van der Waals surface area contributed by atoms with E-state index in [9.17, 15) is 13.2 Å². The summed E-state index contributed by atoms with van der Waals surface area (Å²) in [6.07, 6.45) is -5.08. The van der Waals surface area contributed by atoms with Crippen LogP contribution in [0.5, 0.6) is 0 Å². The Morgan fingerprint density at radius 1 is 1.28 bits per heavy atom. The molecule has 0 aliphatic carbocycles. The molecule has 0 radical (unpaired) electrons. The zero-order chi connectivity index (χ0) is 13.8. The van der Waals surface area contributed by atoms with E-state index in [4.69, 9.17) is 23.2 Å². The Labute approximate surface area is 114 Å². The molecule has 1 atom stereocenters. The third kappa shape index (κ3) is 5.04. The smallest absolute Gasteiger partial charge is 0.310 e. The van der Waals surface area contributed by atoms with Gasteiger partial charge < -0.3 is 5.32 Å². The number of hydrogen-bond acceptors (Lipinski definition) is 1. The number of hydrogen-bond donors (Lipinski definition) is 1. The van der Waals surface area contributed by atoms with Crippen LogP contribution in [0, 0.1) is 0 Å². The van der Waals surface area contributed by atoms with Crippen molar-refractivity contribution < 1.29 is 13.2 Å². The minimum Gasteiger partial charge on any atom is -0.310 e. The summed E-state index contributed by atoms with van der Waals surface area (Å²) in [5, 5.41) is 3.88. The van der Waals surface area contributed by atoms with E-state index in [1.165, 1.54) is 0 Å². The second-order valence-electron chi connectivity index (χ2n) is 3.93. The van der Waals surface area contributed by atoms with Gasteiger partial charge in [0.25, 0.3) is 0 Å². The van der Waals surface area contributed by atoms with E-state index >= 15 is 0 Å². The highest BCUT2D eigenvalue weighted by Crippen LogP contribution is 2.32. The summed E-state index contributed by atoms with van der Waals surface area (Å²) < 4.78 is 36.8.